The molecule has 3 aliphatic rings. The summed E-state index contributed by atoms with van der Waals surface area (Å²) in [6.45, 7) is 1.07. The SMILES string of the molecule is O=C(NCCO)C1=CC(Oc2ccccc2I)C(O)C(N(CC2CC2)C(=O)C2CCCO2)C1. The Morgan fingerprint density at radius 2 is 2.03 bits per heavy atom. The average molecular weight is 570 g/mol. The van der Waals surface area contributed by atoms with Crippen LogP contribution in [0, 0.1) is 9.49 Å². The molecule has 9 heteroatoms. The largest absolute Gasteiger partial charge is 0.482 e. The molecule has 2 amide bonds. The van der Waals surface area contributed by atoms with Crippen LogP contribution in [0.2, 0.25) is 0 Å². The summed E-state index contributed by atoms with van der Waals surface area (Å²) >= 11 is 2.16. The first-order valence-corrected chi connectivity index (χ1v) is 12.7. The molecule has 2 aliphatic carbocycles. The predicted octanol–water partition coefficient (Wildman–Crippen LogP) is 1.62. The van der Waals surface area contributed by atoms with Gasteiger partial charge in [-0.2, -0.15) is 0 Å². The normalized spacial score (nSPS) is 27.1. The lowest BCUT2D eigenvalue weighted by molar-refractivity contribution is -0.148. The Morgan fingerprint density at radius 3 is 2.70 bits per heavy atom. The number of hydrogen-bond acceptors (Lipinski definition) is 6. The fraction of sp³-hybridized carbons (Fsp3) is 0.583. The summed E-state index contributed by atoms with van der Waals surface area (Å²) in [6.07, 6.45) is 3.19. The summed E-state index contributed by atoms with van der Waals surface area (Å²) in [5, 5.41) is 23.2. The van der Waals surface area contributed by atoms with Gasteiger partial charge in [-0.15, -0.1) is 0 Å². The molecule has 1 saturated carbocycles. The number of hydrogen-bond donors (Lipinski definition) is 3. The van der Waals surface area contributed by atoms with Crippen molar-refractivity contribution in [2.24, 2.45) is 5.92 Å². The van der Waals surface area contributed by atoms with Crippen molar-refractivity contribution in [1.29, 1.82) is 0 Å². The van der Waals surface area contributed by atoms with E-state index in [1.54, 1.807) is 11.0 Å². The maximum atomic E-state index is 13.4. The lowest BCUT2D eigenvalue weighted by Gasteiger charge is -2.41. The van der Waals surface area contributed by atoms with Crippen LogP contribution in [0.25, 0.3) is 0 Å². The summed E-state index contributed by atoms with van der Waals surface area (Å²) in [5.41, 5.74) is 0.440. The van der Waals surface area contributed by atoms with Crippen LogP contribution < -0.4 is 10.1 Å². The minimum atomic E-state index is -1.00. The van der Waals surface area contributed by atoms with Crippen LogP contribution in [-0.2, 0) is 14.3 Å². The maximum absolute atomic E-state index is 13.4. The first kappa shape index (κ1) is 24.4. The summed E-state index contributed by atoms with van der Waals surface area (Å²) in [6, 6.07) is 6.87. The highest BCUT2D eigenvalue weighted by molar-refractivity contribution is 14.1. The summed E-state index contributed by atoms with van der Waals surface area (Å²) < 4.78 is 12.7. The molecular weight excluding hydrogens is 539 g/mol. The van der Waals surface area contributed by atoms with Crippen LogP contribution in [0.1, 0.15) is 32.1 Å². The molecule has 4 atom stereocenters. The van der Waals surface area contributed by atoms with Crippen LogP contribution in [0.4, 0.5) is 0 Å². The number of benzene rings is 1. The van der Waals surface area contributed by atoms with E-state index in [0.29, 0.717) is 36.8 Å². The van der Waals surface area contributed by atoms with Gasteiger partial charge in [0.25, 0.3) is 5.91 Å². The Hall–Kier alpha value is -1.69. The molecule has 1 heterocycles. The van der Waals surface area contributed by atoms with Gasteiger partial charge in [-0.1, -0.05) is 12.1 Å². The zero-order chi connectivity index (χ0) is 23.4. The highest BCUT2D eigenvalue weighted by Crippen LogP contribution is 2.35. The number of aliphatic hydroxyl groups excluding tert-OH is 2. The molecule has 1 saturated heterocycles. The lowest BCUT2D eigenvalue weighted by atomic mass is 9.87. The molecule has 1 aromatic rings. The zero-order valence-electron chi connectivity index (χ0n) is 18.5. The number of ether oxygens (including phenoxy) is 2. The van der Waals surface area contributed by atoms with Gasteiger partial charge in [0.15, 0.2) is 0 Å². The fourth-order valence-corrected chi connectivity index (χ4v) is 4.91. The van der Waals surface area contributed by atoms with Crippen molar-refractivity contribution in [3.63, 3.8) is 0 Å². The minimum absolute atomic E-state index is 0.117. The van der Waals surface area contributed by atoms with Gasteiger partial charge in [-0.05, 0) is 72.4 Å². The average Bonchev–Trinajstić information content (AvgIpc) is 3.47. The molecule has 0 radical (unpaired) electrons. The number of para-hydroxylation sites is 1. The summed E-state index contributed by atoms with van der Waals surface area (Å²) in [7, 11) is 0. The molecule has 4 unspecified atom stereocenters. The van der Waals surface area contributed by atoms with E-state index in [-0.39, 0.29) is 31.4 Å². The third kappa shape index (κ3) is 6.06. The first-order valence-electron chi connectivity index (χ1n) is 11.6. The number of nitrogens with one attached hydrogen (secondary N) is 1. The molecule has 2 fully saturated rings. The van der Waals surface area contributed by atoms with Crippen LogP contribution >= 0.6 is 22.6 Å². The minimum Gasteiger partial charge on any atom is -0.482 e. The maximum Gasteiger partial charge on any atom is 0.252 e. The van der Waals surface area contributed by atoms with Gasteiger partial charge in [0.1, 0.15) is 24.1 Å². The van der Waals surface area contributed by atoms with E-state index in [4.69, 9.17) is 14.6 Å². The monoisotopic (exact) mass is 570 g/mol. The number of nitrogens with zero attached hydrogens (tertiary/aromatic N) is 1. The number of rotatable bonds is 9. The fourth-order valence-electron chi connectivity index (χ4n) is 4.39. The Balaban J connectivity index is 1.62. The van der Waals surface area contributed by atoms with E-state index in [1.807, 2.05) is 24.3 Å². The molecule has 1 aromatic carbocycles. The van der Waals surface area contributed by atoms with Gasteiger partial charge in [-0.25, -0.2) is 0 Å². The predicted molar refractivity (Wildman–Crippen MR) is 130 cm³/mol. The molecular formula is C24H31IN2O6. The van der Waals surface area contributed by atoms with Gasteiger partial charge in [-0.3, -0.25) is 9.59 Å². The smallest absolute Gasteiger partial charge is 0.252 e. The van der Waals surface area contributed by atoms with Gasteiger partial charge in [0.05, 0.1) is 16.2 Å². The van der Waals surface area contributed by atoms with Crippen molar-refractivity contribution >= 4 is 34.4 Å². The molecule has 33 heavy (non-hydrogen) atoms. The van der Waals surface area contributed by atoms with Gasteiger partial charge in [0, 0.05) is 31.7 Å². The van der Waals surface area contributed by atoms with Crippen LogP contribution in [0.5, 0.6) is 5.75 Å². The van der Waals surface area contributed by atoms with Gasteiger partial charge in [0.2, 0.25) is 5.91 Å². The first-order chi connectivity index (χ1) is 16.0. The zero-order valence-corrected chi connectivity index (χ0v) is 20.6. The second-order valence-corrected chi connectivity index (χ2v) is 10.0. The summed E-state index contributed by atoms with van der Waals surface area (Å²) in [4.78, 5) is 27.9. The van der Waals surface area contributed by atoms with Crippen molar-refractivity contribution in [3.05, 3.63) is 39.5 Å². The van der Waals surface area contributed by atoms with E-state index < -0.39 is 24.4 Å². The van der Waals surface area contributed by atoms with Crippen LogP contribution in [-0.4, -0.2) is 77.6 Å². The highest BCUT2D eigenvalue weighted by Gasteiger charge is 2.44. The van der Waals surface area contributed by atoms with Crippen molar-refractivity contribution in [1.82, 2.24) is 10.2 Å². The third-order valence-corrected chi connectivity index (χ3v) is 7.25. The second-order valence-electron chi connectivity index (χ2n) is 8.88. The number of aliphatic hydroxyl groups is 2. The molecule has 0 spiro atoms. The van der Waals surface area contributed by atoms with E-state index in [1.165, 1.54) is 0 Å². The lowest BCUT2D eigenvalue weighted by Crippen LogP contribution is -2.57. The molecule has 8 nitrogen and oxygen atoms in total. The van der Waals surface area contributed by atoms with E-state index >= 15 is 0 Å². The third-order valence-electron chi connectivity index (χ3n) is 6.35. The number of amides is 2. The summed E-state index contributed by atoms with van der Waals surface area (Å²) in [5.74, 6) is 0.574. The van der Waals surface area contributed by atoms with E-state index in [9.17, 15) is 14.7 Å². The number of carbonyl (C=O) groups is 2. The Kier molecular flexibility index (Phi) is 8.26. The number of halogens is 1. The topological polar surface area (TPSA) is 108 Å². The standard InChI is InChI=1S/C24H31IN2O6/c25-17-4-1-2-5-19(17)33-21-13-16(23(30)26-9-10-28)12-18(22(21)29)27(14-15-7-8-15)24(31)20-6-3-11-32-20/h1-2,4-5,13,15,18,20-22,28-29H,3,6-12,14H2,(H,26,30). The molecule has 1 aliphatic heterocycles. The second kappa shape index (κ2) is 11.2. The highest BCUT2D eigenvalue weighted by atomic mass is 127. The molecule has 0 aromatic heterocycles. The van der Waals surface area contributed by atoms with Crippen molar-refractivity contribution in [2.75, 3.05) is 26.3 Å². The Morgan fingerprint density at radius 1 is 1.24 bits per heavy atom. The molecule has 180 valence electrons. The van der Waals surface area contributed by atoms with Crippen molar-refractivity contribution in [2.45, 2.75) is 56.5 Å². The van der Waals surface area contributed by atoms with Gasteiger partial charge < -0.3 is 29.9 Å². The molecule has 0 bridgehead atoms. The molecule has 3 N–H and O–H groups in total. The van der Waals surface area contributed by atoms with Crippen molar-refractivity contribution in [3.8, 4) is 5.75 Å². The van der Waals surface area contributed by atoms with Crippen molar-refractivity contribution < 1.29 is 29.3 Å². The Labute approximate surface area is 207 Å². The Bertz CT molecular complexity index is 883. The van der Waals surface area contributed by atoms with E-state index in [0.717, 1.165) is 22.8 Å². The van der Waals surface area contributed by atoms with Crippen LogP contribution in [0.3, 0.4) is 0 Å². The van der Waals surface area contributed by atoms with Crippen LogP contribution in [0.15, 0.2) is 35.9 Å². The number of carbonyl (C=O) groups excluding carboxylic acids is 2. The van der Waals surface area contributed by atoms with E-state index in [2.05, 4.69) is 27.9 Å². The van der Waals surface area contributed by atoms with Gasteiger partial charge >= 0.3 is 0 Å². The molecule has 4 rings (SSSR count). The quantitative estimate of drug-likeness (QED) is 0.390.